The lowest BCUT2D eigenvalue weighted by Crippen LogP contribution is -2.25. The fourth-order valence-electron chi connectivity index (χ4n) is 3.63. The minimum absolute atomic E-state index is 0.0210. The highest BCUT2D eigenvalue weighted by Crippen LogP contribution is 2.13. The minimum atomic E-state index is 0.0210. The molecule has 0 spiro atoms. The SMILES string of the molecule is CCCCCCCCCCCCCCCCCCOCC(COCCOCC)OC. The van der Waals surface area contributed by atoms with Crippen LogP contribution in [0, 0.1) is 0 Å². The van der Waals surface area contributed by atoms with Gasteiger partial charge in [-0.05, 0) is 13.3 Å². The summed E-state index contributed by atoms with van der Waals surface area (Å²) in [4.78, 5) is 0. The summed E-state index contributed by atoms with van der Waals surface area (Å²) in [5.41, 5.74) is 0. The van der Waals surface area contributed by atoms with Crippen molar-refractivity contribution in [2.45, 2.75) is 123 Å². The van der Waals surface area contributed by atoms with E-state index in [0.717, 1.165) is 19.6 Å². The van der Waals surface area contributed by atoms with Crippen LogP contribution in [0.2, 0.25) is 0 Å². The molecule has 4 nitrogen and oxygen atoms in total. The van der Waals surface area contributed by atoms with E-state index in [1.54, 1.807) is 7.11 Å². The zero-order valence-electron chi connectivity index (χ0n) is 20.8. The van der Waals surface area contributed by atoms with Gasteiger partial charge in [-0.2, -0.15) is 0 Å². The molecule has 30 heavy (non-hydrogen) atoms. The molecule has 0 bridgehead atoms. The number of hydrogen-bond donors (Lipinski definition) is 0. The predicted molar refractivity (Wildman–Crippen MR) is 128 cm³/mol. The minimum Gasteiger partial charge on any atom is -0.379 e. The lowest BCUT2D eigenvalue weighted by atomic mass is 10.0. The van der Waals surface area contributed by atoms with Crippen LogP contribution in [-0.2, 0) is 18.9 Å². The normalized spacial score (nSPS) is 12.5. The van der Waals surface area contributed by atoms with Crippen LogP contribution in [-0.4, -0.2) is 52.9 Å². The van der Waals surface area contributed by atoms with Gasteiger partial charge in [0.05, 0.1) is 26.4 Å². The van der Waals surface area contributed by atoms with Crippen molar-refractivity contribution >= 4 is 0 Å². The first-order valence-corrected chi connectivity index (χ1v) is 13.1. The highest BCUT2D eigenvalue weighted by Gasteiger charge is 2.07. The smallest absolute Gasteiger partial charge is 0.104 e. The van der Waals surface area contributed by atoms with E-state index < -0.39 is 0 Å². The third kappa shape index (κ3) is 24.1. The van der Waals surface area contributed by atoms with Gasteiger partial charge in [-0.15, -0.1) is 0 Å². The maximum atomic E-state index is 5.75. The van der Waals surface area contributed by atoms with E-state index in [9.17, 15) is 0 Å². The van der Waals surface area contributed by atoms with Gasteiger partial charge in [-0.25, -0.2) is 0 Å². The zero-order chi connectivity index (χ0) is 22.0. The van der Waals surface area contributed by atoms with Gasteiger partial charge in [0.25, 0.3) is 0 Å². The molecule has 0 aliphatic heterocycles. The Labute approximate surface area is 188 Å². The highest BCUT2D eigenvalue weighted by atomic mass is 16.6. The van der Waals surface area contributed by atoms with E-state index in [2.05, 4.69) is 6.92 Å². The van der Waals surface area contributed by atoms with Crippen LogP contribution in [0.4, 0.5) is 0 Å². The molecule has 0 rings (SSSR count). The third-order valence-corrected chi connectivity index (χ3v) is 5.66. The highest BCUT2D eigenvalue weighted by molar-refractivity contribution is 4.55. The van der Waals surface area contributed by atoms with E-state index in [-0.39, 0.29) is 6.10 Å². The van der Waals surface area contributed by atoms with Crippen molar-refractivity contribution in [3.8, 4) is 0 Å². The summed E-state index contributed by atoms with van der Waals surface area (Å²) in [6.07, 6.45) is 22.4. The second-order valence-corrected chi connectivity index (χ2v) is 8.51. The van der Waals surface area contributed by atoms with Gasteiger partial charge in [-0.3, -0.25) is 0 Å². The summed E-state index contributed by atoms with van der Waals surface area (Å²) in [7, 11) is 1.72. The second-order valence-electron chi connectivity index (χ2n) is 8.51. The molecule has 0 aromatic rings. The predicted octanol–water partition coefficient (Wildman–Crippen LogP) is 7.33. The van der Waals surface area contributed by atoms with Gasteiger partial charge < -0.3 is 18.9 Å². The Hall–Kier alpha value is -0.160. The molecular weight excluding hydrogens is 376 g/mol. The van der Waals surface area contributed by atoms with Gasteiger partial charge in [0.2, 0.25) is 0 Å². The molecule has 0 aromatic carbocycles. The van der Waals surface area contributed by atoms with Crippen molar-refractivity contribution in [1.82, 2.24) is 0 Å². The van der Waals surface area contributed by atoms with E-state index in [4.69, 9.17) is 18.9 Å². The van der Waals surface area contributed by atoms with Crippen LogP contribution in [0.25, 0.3) is 0 Å². The topological polar surface area (TPSA) is 36.9 Å². The maximum absolute atomic E-state index is 5.75. The van der Waals surface area contributed by atoms with E-state index >= 15 is 0 Å². The van der Waals surface area contributed by atoms with Crippen LogP contribution in [0.5, 0.6) is 0 Å². The van der Waals surface area contributed by atoms with Crippen LogP contribution in [0.1, 0.15) is 117 Å². The molecule has 0 heterocycles. The fraction of sp³-hybridized carbons (Fsp3) is 1.00. The number of hydrogen-bond acceptors (Lipinski definition) is 4. The first kappa shape index (κ1) is 29.8. The van der Waals surface area contributed by atoms with Crippen LogP contribution in [0.15, 0.2) is 0 Å². The average molecular weight is 431 g/mol. The first-order valence-electron chi connectivity index (χ1n) is 13.1. The Balaban J connectivity index is 3.18. The molecule has 1 atom stereocenters. The summed E-state index contributed by atoms with van der Waals surface area (Å²) in [6, 6.07) is 0. The van der Waals surface area contributed by atoms with E-state index in [1.165, 1.54) is 96.3 Å². The molecule has 1 unspecified atom stereocenters. The number of methoxy groups -OCH3 is 1. The molecule has 0 aliphatic rings. The maximum Gasteiger partial charge on any atom is 0.104 e. The van der Waals surface area contributed by atoms with Crippen molar-refractivity contribution in [2.75, 3.05) is 46.8 Å². The molecule has 0 aliphatic carbocycles. The largest absolute Gasteiger partial charge is 0.379 e. The van der Waals surface area contributed by atoms with Crippen molar-refractivity contribution in [2.24, 2.45) is 0 Å². The van der Waals surface area contributed by atoms with Gasteiger partial charge >= 0.3 is 0 Å². The van der Waals surface area contributed by atoms with Crippen LogP contribution in [0.3, 0.4) is 0 Å². The van der Waals surface area contributed by atoms with Gasteiger partial charge in [0.1, 0.15) is 6.10 Å². The zero-order valence-corrected chi connectivity index (χ0v) is 20.8. The van der Waals surface area contributed by atoms with Crippen molar-refractivity contribution in [3.05, 3.63) is 0 Å². The van der Waals surface area contributed by atoms with Gasteiger partial charge in [0, 0.05) is 20.3 Å². The molecule has 182 valence electrons. The Morgan fingerprint density at radius 2 is 0.867 bits per heavy atom. The number of unbranched alkanes of at least 4 members (excludes halogenated alkanes) is 15. The van der Waals surface area contributed by atoms with Crippen LogP contribution < -0.4 is 0 Å². The van der Waals surface area contributed by atoms with Crippen molar-refractivity contribution in [1.29, 1.82) is 0 Å². The third-order valence-electron chi connectivity index (χ3n) is 5.66. The Morgan fingerprint density at radius 3 is 1.30 bits per heavy atom. The Bertz CT molecular complexity index is 299. The average Bonchev–Trinajstić information content (AvgIpc) is 2.76. The van der Waals surface area contributed by atoms with Gasteiger partial charge in [-0.1, -0.05) is 103 Å². The quantitative estimate of drug-likeness (QED) is 0.135. The molecule has 0 saturated carbocycles. The molecule has 4 heteroatoms. The Kier molecular flexibility index (Phi) is 26.7. The molecular formula is C26H54O4. The first-order chi connectivity index (χ1) is 14.8. The lowest BCUT2D eigenvalue weighted by molar-refractivity contribution is -0.0501. The molecule has 0 radical (unpaired) electrons. The van der Waals surface area contributed by atoms with Gasteiger partial charge in [0.15, 0.2) is 0 Å². The fourth-order valence-corrected chi connectivity index (χ4v) is 3.63. The van der Waals surface area contributed by atoms with E-state index in [0.29, 0.717) is 26.4 Å². The number of ether oxygens (including phenoxy) is 4. The molecule has 0 N–H and O–H groups in total. The van der Waals surface area contributed by atoms with Crippen molar-refractivity contribution < 1.29 is 18.9 Å². The summed E-state index contributed by atoms with van der Waals surface area (Å²) in [6.45, 7) is 8.30. The monoisotopic (exact) mass is 430 g/mol. The van der Waals surface area contributed by atoms with Crippen LogP contribution >= 0.6 is 0 Å². The van der Waals surface area contributed by atoms with Crippen molar-refractivity contribution in [3.63, 3.8) is 0 Å². The molecule has 0 amide bonds. The standard InChI is InChI=1S/C26H54O4/c1-4-6-7-8-9-10-11-12-13-14-15-16-17-18-19-20-21-29-24-26(27-3)25-30-23-22-28-5-2/h26H,4-25H2,1-3H3. The molecule has 0 saturated heterocycles. The summed E-state index contributed by atoms with van der Waals surface area (Å²) >= 11 is 0. The Morgan fingerprint density at radius 1 is 0.467 bits per heavy atom. The summed E-state index contributed by atoms with van der Waals surface area (Å²) in [5, 5.41) is 0. The van der Waals surface area contributed by atoms with E-state index in [1.807, 2.05) is 6.92 Å². The number of rotatable bonds is 26. The lowest BCUT2D eigenvalue weighted by Gasteiger charge is -2.15. The summed E-state index contributed by atoms with van der Waals surface area (Å²) < 4.78 is 21.9. The molecule has 0 aromatic heterocycles. The summed E-state index contributed by atoms with van der Waals surface area (Å²) in [5.74, 6) is 0. The molecule has 0 fully saturated rings. The second kappa shape index (κ2) is 26.9.